The second-order valence-electron chi connectivity index (χ2n) is 7.59. The molecule has 0 aliphatic rings. The quantitative estimate of drug-likeness (QED) is 0.426. The maximum absolute atomic E-state index is 13.4. The van der Waals surface area contributed by atoms with Crippen molar-refractivity contribution in [1.82, 2.24) is 14.3 Å². The fourth-order valence-electron chi connectivity index (χ4n) is 3.98. The van der Waals surface area contributed by atoms with Gasteiger partial charge in [-0.15, -0.1) is 0 Å². The third kappa shape index (κ3) is 2.78. The molecule has 5 heteroatoms. The first kappa shape index (κ1) is 18.2. The molecule has 3 aromatic carbocycles. The molecule has 0 amide bonds. The number of hydrogen-bond donors (Lipinski definition) is 1. The Kier molecular flexibility index (Phi) is 4.17. The van der Waals surface area contributed by atoms with Crippen molar-refractivity contribution in [2.24, 2.45) is 7.05 Å². The molecule has 148 valence electrons. The van der Waals surface area contributed by atoms with Gasteiger partial charge in [0.15, 0.2) is 0 Å². The summed E-state index contributed by atoms with van der Waals surface area (Å²) in [5, 5.41) is 5.48. The SMILES string of the molecule is Cc1ccc2nc3ccccc3c(Nc3c(C)n(C)n(-c4ccccc4)c3=O)c2c1. The molecule has 0 aliphatic heterocycles. The highest BCUT2D eigenvalue weighted by Crippen LogP contribution is 2.33. The summed E-state index contributed by atoms with van der Waals surface area (Å²) in [6.45, 7) is 4.02. The van der Waals surface area contributed by atoms with Crippen LogP contribution in [-0.4, -0.2) is 14.3 Å². The van der Waals surface area contributed by atoms with E-state index in [0.717, 1.165) is 44.4 Å². The third-order valence-corrected chi connectivity index (χ3v) is 5.64. The smallest absolute Gasteiger partial charge is 0.295 e. The molecule has 2 aromatic heterocycles. The number of para-hydroxylation sites is 2. The van der Waals surface area contributed by atoms with Gasteiger partial charge < -0.3 is 5.32 Å². The molecule has 0 saturated heterocycles. The Morgan fingerprint density at radius 3 is 2.30 bits per heavy atom. The van der Waals surface area contributed by atoms with Crippen LogP contribution in [0, 0.1) is 13.8 Å². The van der Waals surface area contributed by atoms with Crippen LogP contribution in [0.4, 0.5) is 11.4 Å². The van der Waals surface area contributed by atoms with Crippen molar-refractivity contribution in [3.63, 3.8) is 0 Å². The Morgan fingerprint density at radius 1 is 0.800 bits per heavy atom. The van der Waals surface area contributed by atoms with E-state index in [0.29, 0.717) is 5.69 Å². The Morgan fingerprint density at radius 2 is 1.50 bits per heavy atom. The number of hydrogen-bond acceptors (Lipinski definition) is 3. The highest BCUT2D eigenvalue weighted by Gasteiger charge is 2.18. The molecular weight excluding hydrogens is 372 g/mol. The van der Waals surface area contributed by atoms with E-state index in [1.54, 1.807) is 4.68 Å². The van der Waals surface area contributed by atoms with Crippen molar-refractivity contribution in [2.45, 2.75) is 13.8 Å². The molecule has 5 nitrogen and oxygen atoms in total. The van der Waals surface area contributed by atoms with Crippen LogP contribution in [-0.2, 0) is 7.05 Å². The topological polar surface area (TPSA) is 51.9 Å². The lowest BCUT2D eigenvalue weighted by molar-refractivity contribution is 0.630. The zero-order chi connectivity index (χ0) is 20.8. The van der Waals surface area contributed by atoms with E-state index in [4.69, 9.17) is 4.98 Å². The lowest BCUT2D eigenvalue weighted by atomic mass is 10.1. The molecular formula is C25H22N4O. The number of nitrogens with zero attached hydrogens (tertiary/aromatic N) is 3. The fraction of sp³-hybridized carbons (Fsp3) is 0.120. The summed E-state index contributed by atoms with van der Waals surface area (Å²) in [6, 6.07) is 23.9. The van der Waals surface area contributed by atoms with Gasteiger partial charge in [-0.1, -0.05) is 48.0 Å². The number of rotatable bonds is 3. The molecule has 5 rings (SSSR count). The maximum atomic E-state index is 13.4. The summed E-state index contributed by atoms with van der Waals surface area (Å²) >= 11 is 0. The monoisotopic (exact) mass is 394 g/mol. The molecule has 30 heavy (non-hydrogen) atoms. The highest BCUT2D eigenvalue weighted by molar-refractivity contribution is 6.08. The van der Waals surface area contributed by atoms with E-state index in [2.05, 4.69) is 24.4 Å². The molecule has 0 unspecified atom stereocenters. The predicted molar refractivity (Wildman–Crippen MR) is 123 cm³/mol. The molecule has 2 heterocycles. The maximum Gasteiger partial charge on any atom is 0.295 e. The number of fused-ring (bicyclic) bond motifs is 2. The average Bonchev–Trinajstić information content (AvgIpc) is 2.97. The van der Waals surface area contributed by atoms with Crippen LogP contribution in [0.25, 0.3) is 27.5 Å². The van der Waals surface area contributed by atoms with E-state index in [1.165, 1.54) is 0 Å². The molecule has 0 spiro atoms. The molecule has 0 aliphatic carbocycles. The predicted octanol–water partition coefficient (Wildman–Crippen LogP) is 5.24. The largest absolute Gasteiger partial charge is 0.348 e. The first-order valence-corrected chi connectivity index (χ1v) is 9.95. The van der Waals surface area contributed by atoms with E-state index < -0.39 is 0 Å². The summed E-state index contributed by atoms with van der Waals surface area (Å²) in [5.41, 5.74) is 6.04. The Balaban J connectivity index is 1.77. The third-order valence-electron chi connectivity index (χ3n) is 5.64. The van der Waals surface area contributed by atoms with E-state index in [9.17, 15) is 4.79 Å². The zero-order valence-corrected chi connectivity index (χ0v) is 17.2. The van der Waals surface area contributed by atoms with Crippen molar-refractivity contribution in [1.29, 1.82) is 0 Å². The van der Waals surface area contributed by atoms with E-state index in [1.807, 2.05) is 79.3 Å². The van der Waals surface area contributed by atoms with Gasteiger partial charge in [0.25, 0.3) is 5.56 Å². The standard InChI is InChI=1S/C25H22N4O/c1-16-13-14-22-20(15-16)24(19-11-7-8-12-21(19)26-22)27-23-17(2)28(3)29(25(23)30)18-9-5-4-6-10-18/h4-15H,1-3H3,(H,26,27). The number of aryl methyl sites for hydroxylation is 1. The van der Waals surface area contributed by atoms with Crippen molar-refractivity contribution in [3.05, 3.63) is 94.4 Å². The summed E-state index contributed by atoms with van der Waals surface area (Å²) in [6.07, 6.45) is 0. The van der Waals surface area contributed by atoms with Gasteiger partial charge >= 0.3 is 0 Å². The van der Waals surface area contributed by atoms with Crippen molar-refractivity contribution >= 4 is 33.2 Å². The molecule has 0 bridgehead atoms. The minimum atomic E-state index is -0.0807. The number of aromatic nitrogens is 3. The lowest BCUT2D eigenvalue weighted by Crippen LogP contribution is -2.20. The van der Waals surface area contributed by atoms with Crippen LogP contribution in [0.1, 0.15) is 11.3 Å². The summed E-state index contributed by atoms with van der Waals surface area (Å²) < 4.78 is 3.57. The van der Waals surface area contributed by atoms with Crippen LogP contribution < -0.4 is 10.9 Å². The Bertz CT molecular complexity index is 1460. The highest BCUT2D eigenvalue weighted by atomic mass is 16.1. The van der Waals surface area contributed by atoms with Crippen molar-refractivity contribution in [3.8, 4) is 5.69 Å². The fourth-order valence-corrected chi connectivity index (χ4v) is 3.98. The number of pyridine rings is 1. The van der Waals surface area contributed by atoms with Gasteiger partial charge in [-0.2, -0.15) is 0 Å². The van der Waals surface area contributed by atoms with Crippen LogP contribution in [0.2, 0.25) is 0 Å². The zero-order valence-electron chi connectivity index (χ0n) is 17.2. The summed E-state index contributed by atoms with van der Waals surface area (Å²) in [5.74, 6) is 0. The van der Waals surface area contributed by atoms with E-state index in [-0.39, 0.29) is 5.56 Å². The second kappa shape index (κ2) is 6.88. The van der Waals surface area contributed by atoms with Gasteiger partial charge in [0, 0.05) is 17.8 Å². The molecule has 1 N–H and O–H groups in total. The van der Waals surface area contributed by atoms with E-state index >= 15 is 0 Å². The van der Waals surface area contributed by atoms with Crippen LogP contribution >= 0.6 is 0 Å². The lowest BCUT2D eigenvalue weighted by Gasteiger charge is -2.13. The van der Waals surface area contributed by atoms with Crippen LogP contribution in [0.15, 0.2) is 77.6 Å². The summed E-state index contributed by atoms with van der Waals surface area (Å²) in [4.78, 5) is 18.2. The van der Waals surface area contributed by atoms with Gasteiger partial charge in [-0.05, 0) is 44.2 Å². The van der Waals surface area contributed by atoms with Crippen molar-refractivity contribution in [2.75, 3.05) is 5.32 Å². The normalized spacial score (nSPS) is 11.3. The summed E-state index contributed by atoms with van der Waals surface area (Å²) in [7, 11) is 1.90. The molecule has 0 atom stereocenters. The van der Waals surface area contributed by atoms with Gasteiger partial charge in [0.05, 0.1) is 28.1 Å². The molecule has 5 aromatic rings. The van der Waals surface area contributed by atoms with Gasteiger partial charge in [-0.3, -0.25) is 9.48 Å². The number of benzene rings is 3. The van der Waals surface area contributed by atoms with Crippen LogP contribution in [0.5, 0.6) is 0 Å². The number of nitrogens with one attached hydrogen (secondary N) is 1. The molecule has 0 saturated carbocycles. The average molecular weight is 394 g/mol. The van der Waals surface area contributed by atoms with Gasteiger partial charge in [0.1, 0.15) is 5.69 Å². The Labute approximate surface area is 174 Å². The van der Waals surface area contributed by atoms with Crippen molar-refractivity contribution < 1.29 is 0 Å². The first-order chi connectivity index (χ1) is 14.5. The molecule has 0 radical (unpaired) electrons. The first-order valence-electron chi connectivity index (χ1n) is 9.95. The number of anilines is 2. The molecule has 0 fully saturated rings. The second-order valence-corrected chi connectivity index (χ2v) is 7.59. The van der Waals surface area contributed by atoms with Crippen LogP contribution in [0.3, 0.4) is 0 Å². The van der Waals surface area contributed by atoms with Gasteiger partial charge in [-0.25, -0.2) is 9.67 Å². The minimum absolute atomic E-state index is 0.0807. The Hall–Kier alpha value is -3.86. The van der Waals surface area contributed by atoms with Gasteiger partial charge in [0.2, 0.25) is 0 Å². The minimum Gasteiger partial charge on any atom is -0.348 e.